The predicted octanol–water partition coefficient (Wildman–Crippen LogP) is 12.4. The van der Waals surface area contributed by atoms with E-state index in [4.69, 9.17) is 9.47 Å². The molecule has 0 aromatic rings. The van der Waals surface area contributed by atoms with Crippen molar-refractivity contribution in [2.45, 2.75) is 339 Å². The molecule has 1 fully saturated rings. The molecule has 0 aromatic carbocycles. The van der Waals surface area contributed by atoms with Crippen molar-refractivity contribution >= 4 is 5.91 Å². The summed E-state index contributed by atoms with van der Waals surface area (Å²) in [5.41, 5.74) is 0. The van der Waals surface area contributed by atoms with E-state index in [0.717, 1.165) is 38.5 Å². The number of carbonyl (C=O) groups is 1. The number of nitrogens with one attached hydrogen (secondary N) is 1. The highest BCUT2D eigenvalue weighted by Gasteiger charge is 2.44. The fourth-order valence-electron chi connectivity index (χ4n) is 9.74. The molecule has 1 aliphatic heterocycles. The van der Waals surface area contributed by atoms with Crippen LogP contribution in [0.25, 0.3) is 0 Å². The zero-order chi connectivity index (χ0) is 50.4. The third-order valence-corrected chi connectivity index (χ3v) is 14.6. The summed E-state index contributed by atoms with van der Waals surface area (Å²) in [6, 6.07) is -1.18. The molecule has 410 valence electrons. The molecule has 8 N–H and O–H groups in total. The molecule has 11 nitrogen and oxygen atoms in total. The van der Waals surface area contributed by atoms with Gasteiger partial charge in [0.1, 0.15) is 36.6 Å². The molecule has 0 saturated carbocycles. The lowest BCUT2D eigenvalue weighted by molar-refractivity contribution is -0.303. The third kappa shape index (κ3) is 36.4. The molecule has 0 bridgehead atoms. The van der Waals surface area contributed by atoms with Gasteiger partial charge in [-0.25, -0.2) is 0 Å². The highest BCUT2D eigenvalue weighted by Crippen LogP contribution is 2.23. The van der Waals surface area contributed by atoms with Gasteiger partial charge in [0, 0.05) is 0 Å². The van der Waals surface area contributed by atoms with Crippen LogP contribution in [-0.4, -0.2) is 110 Å². The van der Waals surface area contributed by atoms with Gasteiger partial charge in [0.25, 0.3) is 0 Å². The van der Waals surface area contributed by atoms with E-state index in [1.54, 1.807) is 0 Å². The Bertz CT molecular complexity index is 1130. The SMILES string of the molecule is CCCCCCCCCCCCCCCCCCCCCCCC/C=C/CCCC(O)C(O)C(COC1OC(CO)C(O)C(O)C1O)NC(=O)C(O)CCCCCCCCCCCCCCCCC. The number of unbranched alkanes of at least 4 members (excludes halogenated alkanes) is 37. The molecule has 0 aromatic heterocycles. The van der Waals surface area contributed by atoms with Crippen molar-refractivity contribution in [3.63, 3.8) is 0 Å². The summed E-state index contributed by atoms with van der Waals surface area (Å²) in [6.45, 7) is 3.47. The van der Waals surface area contributed by atoms with Crippen LogP contribution in [0.1, 0.15) is 284 Å². The van der Waals surface area contributed by atoms with Crippen LogP contribution in [0.5, 0.6) is 0 Å². The second kappa shape index (κ2) is 47.8. The van der Waals surface area contributed by atoms with Gasteiger partial charge in [0.05, 0.1) is 25.4 Å². The Kier molecular flexibility index (Phi) is 45.7. The number of rotatable bonds is 51. The first kappa shape index (κ1) is 65.9. The van der Waals surface area contributed by atoms with Gasteiger partial charge in [-0.1, -0.05) is 257 Å². The Hall–Kier alpha value is -1.15. The maximum Gasteiger partial charge on any atom is 0.249 e. The Morgan fingerprint density at radius 1 is 0.493 bits per heavy atom. The van der Waals surface area contributed by atoms with Gasteiger partial charge >= 0.3 is 0 Å². The highest BCUT2D eigenvalue weighted by atomic mass is 16.7. The number of hydrogen-bond donors (Lipinski definition) is 8. The number of hydrogen-bond acceptors (Lipinski definition) is 10. The van der Waals surface area contributed by atoms with Gasteiger partial charge in [-0.2, -0.15) is 0 Å². The summed E-state index contributed by atoms with van der Waals surface area (Å²) in [6.07, 6.45) is 44.2. The summed E-state index contributed by atoms with van der Waals surface area (Å²) in [7, 11) is 0. The molecule has 1 amide bonds. The zero-order valence-corrected chi connectivity index (χ0v) is 44.8. The first-order chi connectivity index (χ1) is 33.7. The van der Waals surface area contributed by atoms with E-state index in [-0.39, 0.29) is 12.8 Å². The largest absolute Gasteiger partial charge is 0.394 e. The zero-order valence-electron chi connectivity index (χ0n) is 44.8. The van der Waals surface area contributed by atoms with Crippen LogP contribution in [0.4, 0.5) is 0 Å². The van der Waals surface area contributed by atoms with E-state index in [2.05, 4.69) is 31.3 Å². The quantitative estimate of drug-likeness (QED) is 0.0215. The molecule has 11 heteroatoms. The fourth-order valence-corrected chi connectivity index (χ4v) is 9.74. The third-order valence-electron chi connectivity index (χ3n) is 14.6. The Morgan fingerprint density at radius 2 is 0.855 bits per heavy atom. The van der Waals surface area contributed by atoms with Gasteiger partial charge in [-0.3, -0.25) is 4.79 Å². The second-order valence-corrected chi connectivity index (χ2v) is 21.1. The van der Waals surface area contributed by atoms with Crippen LogP contribution in [0.2, 0.25) is 0 Å². The number of ether oxygens (including phenoxy) is 2. The van der Waals surface area contributed by atoms with E-state index >= 15 is 0 Å². The Labute approximate surface area is 423 Å². The average molecular weight is 985 g/mol. The van der Waals surface area contributed by atoms with Crippen LogP contribution in [0.3, 0.4) is 0 Å². The van der Waals surface area contributed by atoms with Crippen LogP contribution in [0.15, 0.2) is 12.2 Å². The molecule has 1 saturated heterocycles. The Balaban J connectivity index is 2.28. The molecule has 1 rings (SSSR count). The minimum Gasteiger partial charge on any atom is -0.394 e. The first-order valence-corrected chi connectivity index (χ1v) is 29.6. The lowest BCUT2D eigenvalue weighted by Gasteiger charge is -2.40. The second-order valence-electron chi connectivity index (χ2n) is 21.1. The lowest BCUT2D eigenvalue weighted by Crippen LogP contribution is -2.60. The Morgan fingerprint density at radius 3 is 1.25 bits per heavy atom. The number of carbonyl (C=O) groups excluding carboxylic acids is 1. The standard InChI is InChI=1S/C58H113NO10/c1-3-5-7-9-11-13-15-17-19-20-21-22-23-24-25-26-27-28-29-30-32-33-35-37-39-41-43-45-50(61)53(63)49(48-68-58-56(66)55(65)54(64)52(47-60)69-58)59-57(67)51(62)46-44-42-40-38-36-34-31-18-16-14-12-10-8-6-4-2/h37,39,49-56,58,60-66H,3-36,38,40-48H2,1-2H3,(H,59,67)/b39-37+. The molecule has 1 aliphatic rings. The van der Waals surface area contributed by atoms with E-state index in [1.807, 2.05) is 0 Å². The van der Waals surface area contributed by atoms with Crippen molar-refractivity contribution in [2.24, 2.45) is 0 Å². The van der Waals surface area contributed by atoms with Crippen molar-refractivity contribution in [2.75, 3.05) is 13.2 Å². The molecule has 69 heavy (non-hydrogen) atoms. The molecule has 0 aliphatic carbocycles. The van der Waals surface area contributed by atoms with Crippen LogP contribution in [0, 0.1) is 0 Å². The van der Waals surface area contributed by atoms with Crippen LogP contribution in [-0.2, 0) is 14.3 Å². The van der Waals surface area contributed by atoms with Crippen LogP contribution < -0.4 is 5.32 Å². The maximum atomic E-state index is 13.2. The molecule has 9 unspecified atom stereocenters. The first-order valence-electron chi connectivity index (χ1n) is 29.6. The average Bonchev–Trinajstić information content (AvgIpc) is 3.35. The molecule has 1 heterocycles. The van der Waals surface area contributed by atoms with E-state index in [0.29, 0.717) is 12.8 Å². The summed E-state index contributed by atoms with van der Waals surface area (Å²) in [4.78, 5) is 13.2. The molecule has 0 spiro atoms. The number of aliphatic hydroxyl groups is 7. The van der Waals surface area contributed by atoms with Gasteiger partial charge in [0.2, 0.25) is 5.91 Å². The fraction of sp³-hybridized carbons (Fsp3) is 0.948. The van der Waals surface area contributed by atoms with Crippen molar-refractivity contribution in [1.82, 2.24) is 5.32 Å². The van der Waals surface area contributed by atoms with Crippen molar-refractivity contribution in [3.05, 3.63) is 12.2 Å². The van der Waals surface area contributed by atoms with E-state index < -0.39 is 74.2 Å². The summed E-state index contributed by atoms with van der Waals surface area (Å²) in [5.74, 6) is -0.702. The van der Waals surface area contributed by atoms with E-state index in [9.17, 15) is 40.5 Å². The van der Waals surface area contributed by atoms with Crippen molar-refractivity contribution in [1.29, 1.82) is 0 Å². The highest BCUT2D eigenvalue weighted by molar-refractivity contribution is 5.80. The van der Waals surface area contributed by atoms with E-state index in [1.165, 1.54) is 205 Å². The minimum absolute atomic E-state index is 0.259. The van der Waals surface area contributed by atoms with Crippen LogP contribution >= 0.6 is 0 Å². The monoisotopic (exact) mass is 984 g/mol. The van der Waals surface area contributed by atoms with Gasteiger partial charge < -0.3 is 50.5 Å². The molecule has 9 atom stereocenters. The molecular weight excluding hydrogens is 871 g/mol. The summed E-state index contributed by atoms with van der Waals surface area (Å²) >= 11 is 0. The normalized spacial score (nSPS) is 20.4. The topological polar surface area (TPSA) is 189 Å². The lowest BCUT2D eigenvalue weighted by atomic mass is 9.98. The smallest absolute Gasteiger partial charge is 0.249 e. The van der Waals surface area contributed by atoms with Gasteiger partial charge in [-0.05, 0) is 38.5 Å². The summed E-state index contributed by atoms with van der Waals surface area (Å²) < 4.78 is 11.1. The number of amides is 1. The summed E-state index contributed by atoms with van der Waals surface area (Å²) in [5, 5.41) is 76.1. The van der Waals surface area contributed by atoms with Gasteiger partial charge in [-0.15, -0.1) is 0 Å². The van der Waals surface area contributed by atoms with Crippen molar-refractivity contribution < 1.29 is 50.0 Å². The number of allylic oxidation sites excluding steroid dienone is 2. The number of aliphatic hydroxyl groups excluding tert-OH is 7. The maximum absolute atomic E-state index is 13.2. The minimum atomic E-state index is -1.66. The molecular formula is C58H113NO10. The molecule has 0 radical (unpaired) electrons. The van der Waals surface area contributed by atoms with Crippen molar-refractivity contribution in [3.8, 4) is 0 Å². The predicted molar refractivity (Wildman–Crippen MR) is 284 cm³/mol. The van der Waals surface area contributed by atoms with Gasteiger partial charge in [0.15, 0.2) is 6.29 Å².